The molecule has 2 rings (SSSR count). The number of rotatable bonds is 5. The summed E-state index contributed by atoms with van der Waals surface area (Å²) in [5, 5.41) is 3.39. The highest BCUT2D eigenvalue weighted by Gasteiger charge is 2.19. The molecule has 1 fully saturated rings. The largest absolute Gasteiger partial charge is 0.313 e. The second-order valence-corrected chi connectivity index (χ2v) is 5.20. The van der Waals surface area contributed by atoms with Crippen molar-refractivity contribution < 1.29 is 0 Å². The SMILES string of the molecule is CCNCc1cccnc1CN1CCCCC1C. The van der Waals surface area contributed by atoms with Gasteiger partial charge in [0.15, 0.2) is 0 Å². The van der Waals surface area contributed by atoms with E-state index in [9.17, 15) is 0 Å². The van der Waals surface area contributed by atoms with Crippen molar-refractivity contribution in [2.45, 2.75) is 52.2 Å². The Hall–Kier alpha value is -0.930. The zero-order valence-electron chi connectivity index (χ0n) is 11.7. The summed E-state index contributed by atoms with van der Waals surface area (Å²) in [6.45, 7) is 8.65. The lowest BCUT2D eigenvalue weighted by Gasteiger charge is -2.33. The number of pyridine rings is 1. The Morgan fingerprint density at radius 2 is 2.33 bits per heavy atom. The molecular formula is C15H25N3. The molecule has 1 N–H and O–H groups in total. The summed E-state index contributed by atoms with van der Waals surface area (Å²) in [7, 11) is 0. The molecule has 1 aromatic rings. The number of nitrogens with one attached hydrogen (secondary N) is 1. The predicted octanol–water partition coefficient (Wildman–Crippen LogP) is 2.57. The first kappa shape index (κ1) is 13.5. The van der Waals surface area contributed by atoms with Gasteiger partial charge in [0, 0.05) is 25.3 Å². The third-order valence-electron chi connectivity index (χ3n) is 3.84. The Bertz CT molecular complexity index is 365. The Balaban J connectivity index is 2.03. The van der Waals surface area contributed by atoms with Gasteiger partial charge in [0.1, 0.15) is 0 Å². The first-order valence-electron chi connectivity index (χ1n) is 7.18. The van der Waals surface area contributed by atoms with E-state index < -0.39 is 0 Å². The van der Waals surface area contributed by atoms with Gasteiger partial charge >= 0.3 is 0 Å². The molecule has 0 spiro atoms. The first-order valence-corrected chi connectivity index (χ1v) is 7.18. The molecule has 1 aliphatic heterocycles. The van der Waals surface area contributed by atoms with E-state index in [2.05, 4.69) is 35.1 Å². The number of hydrogen-bond donors (Lipinski definition) is 1. The van der Waals surface area contributed by atoms with Gasteiger partial charge in [0.2, 0.25) is 0 Å². The fourth-order valence-electron chi connectivity index (χ4n) is 2.62. The highest BCUT2D eigenvalue weighted by molar-refractivity contribution is 5.19. The van der Waals surface area contributed by atoms with E-state index in [-0.39, 0.29) is 0 Å². The monoisotopic (exact) mass is 247 g/mol. The molecule has 0 aliphatic carbocycles. The van der Waals surface area contributed by atoms with E-state index in [4.69, 9.17) is 0 Å². The Kier molecular flexibility index (Phi) is 5.14. The second-order valence-electron chi connectivity index (χ2n) is 5.20. The lowest BCUT2D eigenvalue weighted by Crippen LogP contribution is -2.37. The molecule has 1 unspecified atom stereocenters. The van der Waals surface area contributed by atoms with Gasteiger partial charge in [-0.25, -0.2) is 0 Å². The van der Waals surface area contributed by atoms with Gasteiger partial charge in [0.05, 0.1) is 5.69 Å². The van der Waals surface area contributed by atoms with E-state index >= 15 is 0 Å². The normalized spacial score (nSPS) is 21.1. The van der Waals surface area contributed by atoms with Gasteiger partial charge in [-0.1, -0.05) is 19.4 Å². The third kappa shape index (κ3) is 3.53. The van der Waals surface area contributed by atoms with Crippen LogP contribution < -0.4 is 5.32 Å². The molecular weight excluding hydrogens is 222 g/mol. The predicted molar refractivity (Wildman–Crippen MR) is 75.3 cm³/mol. The van der Waals surface area contributed by atoms with Crippen molar-refractivity contribution in [2.24, 2.45) is 0 Å². The van der Waals surface area contributed by atoms with Gasteiger partial charge in [-0.05, 0) is 44.5 Å². The Morgan fingerprint density at radius 1 is 1.44 bits per heavy atom. The van der Waals surface area contributed by atoms with E-state index in [1.807, 2.05) is 12.3 Å². The molecule has 2 heterocycles. The Labute approximate surface area is 111 Å². The zero-order chi connectivity index (χ0) is 12.8. The molecule has 0 radical (unpaired) electrons. The summed E-state index contributed by atoms with van der Waals surface area (Å²) in [6.07, 6.45) is 5.96. The standard InChI is InChI=1S/C15H25N3/c1-3-16-11-14-8-6-9-17-15(14)12-18-10-5-4-7-13(18)2/h6,8-9,13,16H,3-5,7,10-12H2,1-2H3. The maximum Gasteiger partial charge on any atom is 0.0588 e. The average Bonchev–Trinajstić information content (AvgIpc) is 2.40. The minimum Gasteiger partial charge on any atom is -0.313 e. The smallest absolute Gasteiger partial charge is 0.0588 e. The summed E-state index contributed by atoms with van der Waals surface area (Å²) in [5.41, 5.74) is 2.59. The van der Waals surface area contributed by atoms with E-state index in [1.54, 1.807) is 0 Å². The molecule has 0 bridgehead atoms. The summed E-state index contributed by atoms with van der Waals surface area (Å²) in [4.78, 5) is 7.15. The summed E-state index contributed by atoms with van der Waals surface area (Å²) < 4.78 is 0. The lowest BCUT2D eigenvalue weighted by molar-refractivity contribution is 0.150. The van der Waals surface area contributed by atoms with Crippen LogP contribution in [-0.4, -0.2) is 29.0 Å². The van der Waals surface area contributed by atoms with Crippen molar-refractivity contribution in [1.82, 2.24) is 15.2 Å². The maximum atomic E-state index is 4.58. The lowest BCUT2D eigenvalue weighted by atomic mass is 10.0. The van der Waals surface area contributed by atoms with Gasteiger partial charge < -0.3 is 5.32 Å². The average molecular weight is 247 g/mol. The highest BCUT2D eigenvalue weighted by atomic mass is 15.2. The van der Waals surface area contributed by atoms with E-state index in [0.717, 1.165) is 19.6 Å². The van der Waals surface area contributed by atoms with Gasteiger partial charge in [-0.3, -0.25) is 9.88 Å². The molecule has 18 heavy (non-hydrogen) atoms. The molecule has 0 saturated carbocycles. The van der Waals surface area contributed by atoms with Gasteiger partial charge in [0.25, 0.3) is 0 Å². The number of piperidine rings is 1. The summed E-state index contributed by atoms with van der Waals surface area (Å²) >= 11 is 0. The van der Waals surface area contributed by atoms with Crippen LogP contribution in [0.2, 0.25) is 0 Å². The van der Waals surface area contributed by atoms with Gasteiger partial charge in [-0.2, -0.15) is 0 Å². The highest BCUT2D eigenvalue weighted by Crippen LogP contribution is 2.19. The molecule has 3 heteroatoms. The molecule has 1 saturated heterocycles. The molecule has 0 aromatic carbocycles. The van der Waals surface area contributed by atoms with Crippen molar-refractivity contribution in [2.75, 3.05) is 13.1 Å². The first-order chi connectivity index (χ1) is 8.81. The fraction of sp³-hybridized carbons (Fsp3) is 0.667. The van der Waals surface area contributed by atoms with Crippen molar-refractivity contribution in [3.8, 4) is 0 Å². The fourth-order valence-corrected chi connectivity index (χ4v) is 2.62. The number of aromatic nitrogens is 1. The molecule has 100 valence electrons. The maximum absolute atomic E-state index is 4.58. The number of hydrogen-bond acceptors (Lipinski definition) is 3. The van der Waals surface area contributed by atoms with Crippen LogP contribution in [0.15, 0.2) is 18.3 Å². The summed E-state index contributed by atoms with van der Waals surface area (Å²) in [6, 6.07) is 4.93. The van der Waals surface area contributed by atoms with Crippen LogP contribution >= 0.6 is 0 Å². The Morgan fingerprint density at radius 3 is 3.11 bits per heavy atom. The van der Waals surface area contributed by atoms with Crippen LogP contribution in [0.1, 0.15) is 44.4 Å². The summed E-state index contributed by atoms with van der Waals surface area (Å²) in [5.74, 6) is 0. The zero-order valence-corrected chi connectivity index (χ0v) is 11.7. The van der Waals surface area contributed by atoms with Crippen molar-refractivity contribution in [3.05, 3.63) is 29.6 Å². The van der Waals surface area contributed by atoms with E-state index in [0.29, 0.717) is 6.04 Å². The van der Waals surface area contributed by atoms with Crippen LogP contribution in [0.4, 0.5) is 0 Å². The minimum absolute atomic E-state index is 0.702. The number of likely N-dealkylation sites (tertiary alicyclic amines) is 1. The van der Waals surface area contributed by atoms with Crippen LogP contribution in [0.3, 0.4) is 0 Å². The molecule has 1 atom stereocenters. The van der Waals surface area contributed by atoms with Crippen molar-refractivity contribution in [1.29, 1.82) is 0 Å². The quantitative estimate of drug-likeness (QED) is 0.867. The van der Waals surface area contributed by atoms with E-state index in [1.165, 1.54) is 37.1 Å². The van der Waals surface area contributed by atoms with Crippen LogP contribution in [0.5, 0.6) is 0 Å². The third-order valence-corrected chi connectivity index (χ3v) is 3.84. The van der Waals surface area contributed by atoms with Gasteiger partial charge in [-0.15, -0.1) is 0 Å². The van der Waals surface area contributed by atoms with Crippen molar-refractivity contribution >= 4 is 0 Å². The van der Waals surface area contributed by atoms with Crippen LogP contribution in [-0.2, 0) is 13.1 Å². The molecule has 1 aromatic heterocycles. The second kappa shape index (κ2) is 6.86. The minimum atomic E-state index is 0.702. The van der Waals surface area contributed by atoms with Crippen LogP contribution in [0, 0.1) is 0 Å². The van der Waals surface area contributed by atoms with Crippen LogP contribution in [0.25, 0.3) is 0 Å². The molecule has 0 amide bonds. The molecule has 3 nitrogen and oxygen atoms in total. The molecule has 1 aliphatic rings. The number of nitrogens with zero attached hydrogens (tertiary/aromatic N) is 2. The topological polar surface area (TPSA) is 28.2 Å². The van der Waals surface area contributed by atoms with Crippen molar-refractivity contribution in [3.63, 3.8) is 0 Å².